The predicted molar refractivity (Wildman–Crippen MR) is 90.4 cm³/mol. The molecule has 1 fully saturated rings. The number of anilines is 1. The molecule has 0 atom stereocenters. The number of hydrogen-bond acceptors (Lipinski definition) is 6. The minimum absolute atomic E-state index is 0.123. The van der Waals surface area contributed by atoms with Crippen molar-refractivity contribution in [3.05, 3.63) is 69.8 Å². The van der Waals surface area contributed by atoms with E-state index in [0.29, 0.717) is 5.69 Å². The van der Waals surface area contributed by atoms with Crippen molar-refractivity contribution in [2.75, 3.05) is 4.90 Å². The van der Waals surface area contributed by atoms with Gasteiger partial charge in [-0.1, -0.05) is 12.1 Å². The molecule has 0 N–H and O–H groups in total. The monoisotopic (exact) mass is 354 g/mol. The number of carbonyl (C=O) groups excluding carboxylic acids is 3. The van der Waals surface area contributed by atoms with Crippen LogP contribution in [-0.2, 0) is 20.9 Å². The van der Waals surface area contributed by atoms with Crippen molar-refractivity contribution >= 4 is 29.2 Å². The number of benzene rings is 2. The Kier molecular flexibility index (Phi) is 4.74. The normalized spacial score (nSPS) is 13.8. The second-order valence-corrected chi connectivity index (χ2v) is 5.63. The number of amides is 2. The van der Waals surface area contributed by atoms with Crippen molar-refractivity contribution in [1.29, 1.82) is 0 Å². The van der Waals surface area contributed by atoms with Crippen LogP contribution in [0.1, 0.15) is 28.8 Å². The zero-order chi connectivity index (χ0) is 18.7. The summed E-state index contributed by atoms with van der Waals surface area (Å²) < 4.78 is 5.12. The molecular weight excluding hydrogens is 340 g/mol. The smallest absolute Gasteiger partial charge is 0.338 e. The van der Waals surface area contributed by atoms with Crippen LogP contribution in [0.3, 0.4) is 0 Å². The predicted octanol–water partition coefficient (Wildman–Crippen LogP) is 2.61. The standard InChI is InChI=1S/C18H14N2O6/c21-16-9-10-17(22)19(16)14-7-5-12(6-8-14)18(23)26-11-13-3-1-2-4-15(13)20(24)25/h1-8H,9-11H2. The molecule has 0 aliphatic carbocycles. The van der Waals surface area contributed by atoms with Gasteiger partial charge in [-0.05, 0) is 30.3 Å². The number of imide groups is 1. The number of nitro benzene ring substituents is 1. The SMILES string of the molecule is O=C(OCc1ccccc1[N+](=O)[O-])c1ccc(N2C(=O)CCC2=O)cc1. The van der Waals surface area contributed by atoms with Crippen LogP contribution in [0.25, 0.3) is 0 Å². The number of nitrogens with zero attached hydrogens (tertiary/aromatic N) is 2. The summed E-state index contributed by atoms with van der Waals surface area (Å²) in [4.78, 5) is 47.0. The summed E-state index contributed by atoms with van der Waals surface area (Å²) in [5.74, 6) is -1.21. The second kappa shape index (κ2) is 7.14. The number of carbonyl (C=O) groups is 3. The lowest BCUT2D eigenvalue weighted by Crippen LogP contribution is -2.28. The van der Waals surface area contributed by atoms with Crippen LogP contribution in [-0.4, -0.2) is 22.7 Å². The first-order chi connectivity index (χ1) is 12.5. The average Bonchev–Trinajstić information content (AvgIpc) is 2.98. The van der Waals surface area contributed by atoms with E-state index in [0.717, 1.165) is 4.90 Å². The first kappa shape index (κ1) is 17.3. The van der Waals surface area contributed by atoms with Crippen molar-refractivity contribution < 1.29 is 24.0 Å². The van der Waals surface area contributed by atoms with E-state index in [9.17, 15) is 24.5 Å². The van der Waals surface area contributed by atoms with Gasteiger partial charge < -0.3 is 4.74 Å². The topological polar surface area (TPSA) is 107 Å². The van der Waals surface area contributed by atoms with Gasteiger partial charge >= 0.3 is 5.97 Å². The summed E-state index contributed by atoms with van der Waals surface area (Å²) in [7, 11) is 0. The largest absolute Gasteiger partial charge is 0.457 e. The molecule has 2 aromatic carbocycles. The molecule has 26 heavy (non-hydrogen) atoms. The quantitative estimate of drug-likeness (QED) is 0.353. The fraction of sp³-hybridized carbons (Fsp3) is 0.167. The highest BCUT2D eigenvalue weighted by atomic mass is 16.6. The molecule has 3 rings (SSSR count). The van der Waals surface area contributed by atoms with E-state index in [2.05, 4.69) is 0 Å². The maximum atomic E-state index is 12.1. The van der Waals surface area contributed by atoms with Gasteiger partial charge in [-0.2, -0.15) is 0 Å². The van der Waals surface area contributed by atoms with Crippen molar-refractivity contribution in [3.8, 4) is 0 Å². The van der Waals surface area contributed by atoms with Gasteiger partial charge in [-0.3, -0.25) is 24.6 Å². The lowest BCUT2D eigenvalue weighted by Gasteiger charge is -2.14. The molecular formula is C18H14N2O6. The Morgan fingerprint density at radius 2 is 1.65 bits per heavy atom. The summed E-state index contributed by atoms with van der Waals surface area (Å²) in [5, 5.41) is 11.0. The fourth-order valence-corrected chi connectivity index (χ4v) is 2.65. The van der Waals surface area contributed by atoms with E-state index in [-0.39, 0.29) is 48.1 Å². The number of ether oxygens (including phenoxy) is 1. The van der Waals surface area contributed by atoms with E-state index in [1.807, 2.05) is 0 Å². The molecule has 2 amide bonds. The van der Waals surface area contributed by atoms with Gasteiger partial charge in [-0.15, -0.1) is 0 Å². The highest BCUT2D eigenvalue weighted by Gasteiger charge is 2.30. The van der Waals surface area contributed by atoms with Crippen molar-refractivity contribution in [2.45, 2.75) is 19.4 Å². The molecule has 1 heterocycles. The summed E-state index contributed by atoms with van der Waals surface area (Å²) in [6.07, 6.45) is 0.358. The lowest BCUT2D eigenvalue weighted by molar-refractivity contribution is -0.385. The van der Waals surface area contributed by atoms with Crippen molar-refractivity contribution in [2.24, 2.45) is 0 Å². The molecule has 0 saturated carbocycles. The molecule has 1 aliphatic rings. The van der Waals surface area contributed by atoms with Gasteiger partial charge in [0.25, 0.3) is 5.69 Å². The Bertz CT molecular complexity index is 875. The minimum atomic E-state index is -0.659. The molecule has 2 aromatic rings. The van der Waals surface area contributed by atoms with Crippen molar-refractivity contribution in [1.82, 2.24) is 0 Å². The van der Waals surface area contributed by atoms with E-state index in [1.54, 1.807) is 6.07 Å². The molecule has 8 nitrogen and oxygen atoms in total. The third-order valence-corrected chi connectivity index (χ3v) is 3.96. The van der Waals surface area contributed by atoms with Crippen LogP contribution >= 0.6 is 0 Å². The van der Waals surface area contributed by atoms with Gasteiger partial charge in [0.1, 0.15) is 6.61 Å². The van der Waals surface area contributed by atoms with Crippen LogP contribution in [0.4, 0.5) is 11.4 Å². The average molecular weight is 354 g/mol. The van der Waals surface area contributed by atoms with Gasteiger partial charge in [0, 0.05) is 18.9 Å². The Morgan fingerprint density at radius 3 is 2.27 bits per heavy atom. The second-order valence-electron chi connectivity index (χ2n) is 5.63. The summed E-state index contributed by atoms with van der Waals surface area (Å²) in [6.45, 7) is -0.235. The van der Waals surface area contributed by atoms with Crippen LogP contribution < -0.4 is 4.90 Å². The first-order valence-corrected chi connectivity index (χ1v) is 7.82. The molecule has 0 aromatic heterocycles. The maximum Gasteiger partial charge on any atom is 0.338 e. The van der Waals surface area contributed by atoms with E-state index in [4.69, 9.17) is 4.74 Å². The molecule has 1 saturated heterocycles. The van der Waals surface area contributed by atoms with E-state index >= 15 is 0 Å². The number of hydrogen-bond donors (Lipinski definition) is 0. The number of esters is 1. The Morgan fingerprint density at radius 1 is 1.04 bits per heavy atom. The molecule has 1 aliphatic heterocycles. The van der Waals surface area contributed by atoms with Crippen LogP contribution in [0, 0.1) is 10.1 Å². The molecule has 0 bridgehead atoms. The van der Waals surface area contributed by atoms with Crippen LogP contribution in [0.5, 0.6) is 0 Å². The fourth-order valence-electron chi connectivity index (χ4n) is 2.65. The molecule has 0 radical (unpaired) electrons. The molecule has 132 valence electrons. The van der Waals surface area contributed by atoms with Crippen molar-refractivity contribution in [3.63, 3.8) is 0 Å². The van der Waals surface area contributed by atoms with Gasteiger partial charge in [0.05, 0.1) is 21.7 Å². The van der Waals surface area contributed by atoms with E-state index < -0.39 is 10.9 Å². The Labute approximate surface area is 148 Å². The molecule has 0 unspecified atom stereocenters. The summed E-state index contributed by atoms with van der Waals surface area (Å²) >= 11 is 0. The van der Waals surface area contributed by atoms with Crippen LogP contribution in [0.2, 0.25) is 0 Å². The number of rotatable bonds is 5. The van der Waals surface area contributed by atoms with E-state index in [1.165, 1.54) is 42.5 Å². The van der Waals surface area contributed by atoms with Gasteiger partial charge in [0.2, 0.25) is 11.8 Å². The Balaban J connectivity index is 1.68. The zero-order valence-corrected chi connectivity index (χ0v) is 13.6. The third-order valence-electron chi connectivity index (χ3n) is 3.96. The summed E-state index contributed by atoms with van der Waals surface area (Å²) in [6, 6.07) is 11.9. The Hall–Kier alpha value is -3.55. The minimum Gasteiger partial charge on any atom is -0.457 e. The highest BCUT2D eigenvalue weighted by molar-refractivity contribution is 6.19. The third kappa shape index (κ3) is 3.44. The maximum absolute atomic E-state index is 12.1. The highest BCUT2D eigenvalue weighted by Crippen LogP contribution is 2.23. The number of nitro groups is 1. The molecule has 0 spiro atoms. The zero-order valence-electron chi connectivity index (χ0n) is 13.6. The number of para-hydroxylation sites is 1. The van der Waals surface area contributed by atoms with Gasteiger partial charge in [0.15, 0.2) is 0 Å². The summed E-state index contributed by atoms with van der Waals surface area (Å²) in [5.41, 5.74) is 0.775. The first-order valence-electron chi connectivity index (χ1n) is 7.82. The molecule has 8 heteroatoms. The lowest BCUT2D eigenvalue weighted by atomic mass is 10.2. The van der Waals surface area contributed by atoms with Gasteiger partial charge in [-0.25, -0.2) is 4.79 Å². The van der Waals surface area contributed by atoms with Crippen LogP contribution in [0.15, 0.2) is 48.5 Å².